The molecule has 1 heterocycles. The summed E-state index contributed by atoms with van der Waals surface area (Å²) in [7, 11) is 3.11. The second kappa shape index (κ2) is 11.4. The SMILES string of the molecule is COc1ccc(C(=O)N2CCC(NC(=O)COc3ccc(-c4ccccc4)cc3)CC2)c(OC)c1. The van der Waals surface area contributed by atoms with Gasteiger partial charge in [-0.25, -0.2) is 0 Å². The third-order valence-corrected chi connectivity index (χ3v) is 6.12. The molecule has 3 aromatic carbocycles. The van der Waals surface area contributed by atoms with Crippen molar-refractivity contribution in [2.45, 2.75) is 18.9 Å². The van der Waals surface area contributed by atoms with Crippen molar-refractivity contribution in [3.05, 3.63) is 78.4 Å². The Hall–Kier alpha value is -4.00. The maximum atomic E-state index is 13.0. The van der Waals surface area contributed by atoms with Gasteiger partial charge >= 0.3 is 0 Å². The van der Waals surface area contributed by atoms with Crippen LogP contribution in [0.1, 0.15) is 23.2 Å². The van der Waals surface area contributed by atoms with E-state index in [1.165, 1.54) is 7.11 Å². The topological polar surface area (TPSA) is 77.1 Å². The first-order valence-corrected chi connectivity index (χ1v) is 11.7. The van der Waals surface area contributed by atoms with Crippen LogP contribution in [-0.4, -0.2) is 56.7 Å². The third kappa shape index (κ3) is 6.12. The van der Waals surface area contributed by atoms with Crippen molar-refractivity contribution in [3.63, 3.8) is 0 Å². The maximum Gasteiger partial charge on any atom is 0.258 e. The van der Waals surface area contributed by atoms with Crippen LogP contribution in [-0.2, 0) is 4.79 Å². The van der Waals surface area contributed by atoms with Gasteiger partial charge in [-0.2, -0.15) is 0 Å². The number of nitrogens with zero attached hydrogens (tertiary/aromatic N) is 1. The molecule has 1 saturated heterocycles. The average molecular weight is 475 g/mol. The molecule has 1 aliphatic heterocycles. The minimum absolute atomic E-state index is 0.00775. The number of hydrogen-bond donors (Lipinski definition) is 1. The summed E-state index contributed by atoms with van der Waals surface area (Å²) in [5.74, 6) is 1.51. The van der Waals surface area contributed by atoms with E-state index in [0.29, 0.717) is 48.7 Å². The van der Waals surface area contributed by atoms with Gasteiger partial charge in [0, 0.05) is 25.2 Å². The van der Waals surface area contributed by atoms with E-state index in [4.69, 9.17) is 14.2 Å². The highest BCUT2D eigenvalue weighted by Gasteiger charge is 2.26. The van der Waals surface area contributed by atoms with Crippen molar-refractivity contribution >= 4 is 11.8 Å². The number of likely N-dealkylation sites (tertiary alicyclic amines) is 1. The van der Waals surface area contributed by atoms with Crippen LogP contribution in [0.3, 0.4) is 0 Å². The molecule has 7 nitrogen and oxygen atoms in total. The molecule has 4 rings (SSSR count). The van der Waals surface area contributed by atoms with Crippen molar-refractivity contribution in [3.8, 4) is 28.4 Å². The van der Waals surface area contributed by atoms with Gasteiger partial charge in [0.05, 0.1) is 19.8 Å². The highest BCUT2D eigenvalue weighted by molar-refractivity contribution is 5.97. The van der Waals surface area contributed by atoms with Crippen LogP contribution in [0.5, 0.6) is 17.2 Å². The molecule has 0 atom stereocenters. The van der Waals surface area contributed by atoms with Gasteiger partial charge in [-0.1, -0.05) is 42.5 Å². The zero-order chi connectivity index (χ0) is 24.6. The van der Waals surface area contributed by atoms with Crippen LogP contribution < -0.4 is 19.5 Å². The minimum Gasteiger partial charge on any atom is -0.497 e. The van der Waals surface area contributed by atoms with Crippen LogP contribution in [0, 0.1) is 0 Å². The van der Waals surface area contributed by atoms with Crippen LogP contribution in [0.25, 0.3) is 11.1 Å². The number of rotatable bonds is 8. The van der Waals surface area contributed by atoms with Crippen LogP contribution in [0.15, 0.2) is 72.8 Å². The summed E-state index contributed by atoms with van der Waals surface area (Å²) in [6.45, 7) is 1.06. The van der Waals surface area contributed by atoms with E-state index in [0.717, 1.165) is 11.1 Å². The van der Waals surface area contributed by atoms with Gasteiger partial charge in [-0.3, -0.25) is 9.59 Å². The number of carbonyl (C=O) groups is 2. The van der Waals surface area contributed by atoms with Crippen molar-refractivity contribution in [2.75, 3.05) is 33.9 Å². The molecule has 0 spiro atoms. The summed E-state index contributed by atoms with van der Waals surface area (Å²) in [6.07, 6.45) is 1.36. The van der Waals surface area contributed by atoms with Crippen molar-refractivity contribution in [1.29, 1.82) is 0 Å². The van der Waals surface area contributed by atoms with Crippen LogP contribution >= 0.6 is 0 Å². The van der Waals surface area contributed by atoms with E-state index in [1.54, 1.807) is 30.2 Å². The first-order valence-electron chi connectivity index (χ1n) is 11.7. The number of amides is 2. The Morgan fingerprint density at radius 1 is 0.857 bits per heavy atom. The van der Waals surface area contributed by atoms with Gasteiger partial charge in [0.15, 0.2) is 6.61 Å². The maximum absolute atomic E-state index is 13.0. The number of ether oxygens (including phenoxy) is 3. The van der Waals surface area contributed by atoms with E-state index in [-0.39, 0.29) is 24.5 Å². The van der Waals surface area contributed by atoms with Crippen LogP contribution in [0.4, 0.5) is 0 Å². The van der Waals surface area contributed by atoms with E-state index in [2.05, 4.69) is 17.4 Å². The van der Waals surface area contributed by atoms with Gasteiger partial charge in [0.25, 0.3) is 11.8 Å². The molecule has 7 heteroatoms. The molecule has 0 unspecified atom stereocenters. The lowest BCUT2D eigenvalue weighted by Gasteiger charge is -2.32. The number of piperidine rings is 1. The number of benzene rings is 3. The lowest BCUT2D eigenvalue weighted by atomic mass is 10.0. The molecule has 1 N–H and O–H groups in total. The van der Waals surface area contributed by atoms with Crippen molar-refractivity contribution in [2.24, 2.45) is 0 Å². The fraction of sp³-hybridized carbons (Fsp3) is 0.286. The predicted octanol–water partition coefficient (Wildman–Crippen LogP) is 4.17. The van der Waals surface area contributed by atoms with Gasteiger partial charge in [-0.05, 0) is 48.2 Å². The molecule has 2 amide bonds. The lowest BCUT2D eigenvalue weighted by Crippen LogP contribution is -2.47. The second-order valence-corrected chi connectivity index (χ2v) is 8.38. The van der Waals surface area contributed by atoms with E-state index in [1.807, 2.05) is 42.5 Å². The first kappa shape index (κ1) is 24.1. The number of nitrogens with one attached hydrogen (secondary N) is 1. The molecule has 182 valence electrons. The Morgan fingerprint density at radius 3 is 2.17 bits per heavy atom. The van der Waals surface area contributed by atoms with E-state index in [9.17, 15) is 9.59 Å². The van der Waals surface area contributed by atoms with Gasteiger partial charge < -0.3 is 24.4 Å². The molecule has 3 aromatic rings. The van der Waals surface area contributed by atoms with Gasteiger partial charge in [-0.15, -0.1) is 0 Å². The zero-order valence-corrected chi connectivity index (χ0v) is 20.0. The fourth-order valence-electron chi connectivity index (χ4n) is 4.16. The molecule has 0 bridgehead atoms. The standard InChI is InChI=1S/C28H30N2O5/c1-33-24-12-13-25(26(18-24)34-2)28(32)30-16-14-22(15-17-30)29-27(31)19-35-23-10-8-21(9-11-23)20-6-4-3-5-7-20/h3-13,18,22H,14-17,19H2,1-2H3,(H,29,31). The normalized spacial score (nSPS) is 13.7. The largest absolute Gasteiger partial charge is 0.497 e. The molecule has 0 aromatic heterocycles. The Kier molecular flexibility index (Phi) is 7.88. The Balaban J connectivity index is 1.23. The summed E-state index contributed by atoms with van der Waals surface area (Å²) < 4.78 is 16.2. The van der Waals surface area contributed by atoms with Crippen molar-refractivity contribution < 1.29 is 23.8 Å². The van der Waals surface area contributed by atoms with Crippen molar-refractivity contribution in [1.82, 2.24) is 10.2 Å². The predicted molar refractivity (Wildman–Crippen MR) is 134 cm³/mol. The molecular weight excluding hydrogens is 444 g/mol. The summed E-state index contributed by atoms with van der Waals surface area (Å²) >= 11 is 0. The third-order valence-electron chi connectivity index (χ3n) is 6.12. The molecule has 35 heavy (non-hydrogen) atoms. The summed E-state index contributed by atoms with van der Waals surface area (Å²) in [5, 5.41) is 3.02. The van der Waals surface area contributed by atoms with Gasteiger partial charge in [0.2, 0.25) is 0 Å². The highest BCUT2D eigenvalue weighted by atomic mass is 16.5. The van der Waals surface area contributed by atoms with E-state index >= 15 is 0 Å². The average Bonchev–Trinajstić information content (AvgIpc) is 2.92. The Morgan fingerprint density at radius 2 is 1.51 bits per heavy atom. The quantitative estimate of drug-likeness (QED) is 0.530. The lowest BCUT2D eigenvalue weighted by molar-refractivity contribution is -0.124. The molecule has 0 aliphatic carbocycles. The smallest absolute Gasteiger partial charge is 0.258 e. The molecule has 1 fully saturated rings. The number of hydrogen-bond acceptors (Lipinski definition) is 5. The molecular formula is C28H30N2O5. The summed E-state index contributed by atoms with van der Waals surface area (Å²) in [4.78, 5) is 27.2. The Bertz CT molecular complexity index is 1140. The highest BCUT2D eigenvalue weighted by Crippen LogP contribution is 2.27. The minimum atomic E-state index is -0.168. The monoisotopic (exact) mass is 474 g/mol. The van der Waals surface area contributed by atoms with Gasteiger partial charge in [0.1, 0.15) is 17.2 Å². The van der Waals surface area contributed by atoms with Crippen LogP contribution in [0.2, 0.25) is 0 Å². The second-order valence-electron chi connectivity index (χ2n) is 8.38. The van der Waals surface area contributed by atoms with E-state index < -0.39 is 0 Å². The Labute approximate surface area is 205 Å². The number of methoxy groups -OCH3 is 2. The molecule has 0 saturated carbocycles. The zero-order valence-electron chi connectivity index (χ0n) is 20.0. The molecule has 1 aliphatic rings. The first-order chi connectivity index (χ1) is 17.1. The number of carbonyl (C=O) groups excluding carboxylic acids is 2. The fourth-order valence-corrected chi connectivity index (χ4v) is 4.16. The summed E-state index contributed by atoms with van der Waals surface area (Å²) in [5.41, 5.74) is 2.73. The molecule has 0 radical (unpaired) electrons. The summed E-state index contributed by atoms with van der Waals surface area (Å²) in [6, 6.07) is 23.0.